The van der Waals surface area contributed by atoms with Crippen LogP contribution in [0, 0.1) is 5.92 Å². The number of benzene rings is 2. The normalized spacial score (nSPS) is 20.3. The fourth-order valence-electron chi connectivity index (χ4n) is 6.46. The molecule has 2 aromatic rings. The lowest BCUT2D eigenvalue weighted by molar-refractivity contribution is -0.00372. The van der Waals surface area contributed by atoms with Gasteiger partial charge in [0.2, 0.25) is 0 Å². The molecule has 0 aliphatic carbocycles. The maximum absolute atomic E-state index is 10.2. The molecule has 0 spiro atoms. The first-order valence-corrected chi connectivity index (χ1v) is 24.5. The number of methoxy groups -OCH3 is 1. The van der Waals surface area contributed by atoms with E-state index in [0.717, 1.165) is 43.4 Å². The van der Waals surface area contributed by atoms with Crippen molar-refractivity contribution in [2.75, 3.05) is 36.7 Å². The zero-order chi connectivity index (χ0) is 34.0. The standard InChI is InChI=1S/C38H60O4S4Si/c1-8-34(38(45-25-14-26-46-38)31-15-10-9-11-16-31)35(42-47(6,7)36(2,3)4)27-37(43-23-13-24-44-37)22-12-17-33(28-39)41-29-30-18-20-32(40-5)21-19-30/h9-11,15-16,18-21,33-35,39H,8,12-14,17,22-29H2,1-7H3/t33-,34-,35+/m0/s1. The molecule has 47 heavy (non-hydrogen) atoms. The van der Waals surface area contributed by atoms with Crippen molar-refractivity contribution in [3.8, 4) is 5.75 Å². The Morgan fingerprint density at radius 1 is 0.894 bits per heavy atom. The lowest BCUT2D eigenvalue weighted by Crippen LogP contribution is -2.51. The van der Waals surface area contributed by atoms with E-state index >= 15 is 0 Å². The number of aliphatic hydroxyl groups is 1. The fourth-order valence-corrected chi connectivity index (χ4v) is 15.2. The first-order valence-electron chi connectivity index (χ1n) is 17.6. The van der Waals surface area contributed by atoms with Crippen LogP contribution in [0.3, 0.4) is 0 Å². The molecule has 2 heterocycles. The predicted molar refractivity (Wildman–Crippen MR) is 213 cm³/mol. The monoisotopic (exact) mass is 736 g/mol. The SMILES string of the molecule is CC[C@@H]([C@@H](CC1(CCC[C@@H](CO)OCc2ccc(OC)cc2)SCCCS1)O[Si](C)(C)C(C)(C)C)C1(c2ccccc2)SCCCS1. The van der Waals surface area contributed by atoms with Crippen molar-refractivity contribution in [1.29, 1.82) is 0 Å². The molecule has 0 radical (unpaired) electrons. The van der Waals surface area contributed by atoms with Gasteiger partial charge in [-0.3, -0.25) is 0 Å². The summed E-state index contributed by atoms with van der Waals surface area (Å²) in [5, 5.41) is 10.4. The first-order chi connectivity index (χ1) is 22.5. The van der Waals surface area contributed by atoms with Crippen LogP contribution in [0.15, 0.2) is 54.6 Å². The van der Waals surface area contributed by atoms with Crippen molar-refractivity contribution in [2.24, 2.45) is 5.92 Å². The minimum Gasteiger partial charge on any atom is -0.497 e. The zero-order valence-corrected chi connectivity index (χ0v) is 34.2. The molecule has 4 nitrogen and oxygen atoms in total. The molecular formula is C38H60O4S4Si. The molecule has 3 atom stereocenters. The second-order valence-electron chi connectivity index (χ2n) is 14.5. The van der Waals surface area contributed by atoms with Gasteiger partial charge in [0.15, 0.2) is 8.32 Å². The van der Waals surface area contributed by atoms with Gasteiger partial charge >= 0.3 is 0 Å². The quantitative estimate of drug-likeness (QED) is 0.161. The maximum Gasteiger partial charge on any atom is 0.192 e. The molecule has 0 saturated carbocycles. The van der Waals surface area contributed by atoms with Crippen LogP contribution in [0.2, 0.25) is 18.1 Å². The highest BCUT2D eigenvalue weighted by Gasteiger charge is 2.51. The van der Waals surface area contributed by atoms with Gasteiger partial charge in [0.25, 0.3) is 0 Å². The van der Waals surface area contributed by atoms with Crippen molar-refractivity contribution in [3.63, 3.8) is 0 Å². The third kappa shape index (κ3) is 10.6. The van der Waals surface area contributed by atoms with Gasteiger partial charge in [0.05, 0.1) is 40.7 Å². The molecule has 0 aromatic heterocycles. The lowest BCUT2D eigenvalue weighted by Gasteiger charge is -2.51. The summed E-state index contributed by atoms with van der Waals surface area (Å²) in [7, 11) is -0.381. The molecule has 1 N–H and O–H groups in total. The van der Waals surface area contributed by atoms with E-state index in [1.807, 2.05) is 24.3 Å². The van der Waals surface area contributed by atoms with Gasteiger partial charge in [-0.1, -0.05) is 70.2 Å². The van der Waals surface area contributed by atoms with Crippen molar-refractivity contribution in [2.45, 2.75) is 118 Å². The molecule has 264 valence electrons. The Morgan fingerprint density at radius 2 is 1.51 bits per heavy atom. The van der Waals surface area contributed by atoms with Gasteiger partial charge in [-0.05, 0) is 109 Å². The van der Waals surface area contributed by atoms with E-state index < -0.39 is 8.32 Å². The molecule has 2 aliphatic rings. The van der Waals surface area contributed by atoms with Gasteiger partial charge in [-0.25, -0.2) is 0 Å². The molecule has 2 saturated heterocycles. The van der Waals surface area contributed by atoms with Gasteiger partial charge in [0, 0.05) is 5.92 Å². The highest BCUT2D eigenvalue weighted by atomic mass is 32.2. The van der Waals surface area contributed by atoms with Crippen LogP contribution in [-0.4, -0.2) is 66.4 Å². The van der Waals surface area contributed by atoms with Crippen LogP contribution < -0.4 is 4.74 Å². The highest BCUT2D eigenvalue weighted by Crippen LogP contribution is 2.60. The van der Waals surface area contributed by atoms with Gasteiger partial charge in [-0.15, -0.1) is 47.0 Å². The number of ether oxygens (including phenoxy) is 2. The van der Waals surface area contributed by atoms with Crippen molar-refractivity contribution >= 4 is 55.4 Å². The average molecular weight is 737 g/mol. The lowest BCUT2D eigenvalue weighted by atomic mass is 9.87. The van der Waals surface area contributed by atoms with Gasteiger partial charge in [0.1, 0.15) is 5.75 Å². The smallest absolute Gasteiger partial charge is 0.192 e. The van der Waals surface area contributed by atoms with Crippen LogP contribution in [0.1, 0.15) is 83.8 Å². The summed E-state index contributed by atoms with van der Waals surface area (Å²) in [6.45, 7) is 15.0. The zero-order valence-electron chi connectivity index (χ0n) is 29.9. The van der Waals surface area contributed by atoms with E-state index in [-0.39, 0.29) is 32.0 Å². The summed E-state index contributed by atoms with van der Waals surface area (Å²) >= 11 is 8.73. The number of rotatable bonds is 17. The minimum atomic E-state index is -2.06. The number of hydrogen-bond donors (Lipinski definition) is 1. The van der Waals surface area contributed by atoms with E-state index in [0.29, 0.717) is 12.5 Å². The summed E-state index contributed by atoms with van der Waals surface area (Å²) in [6.07, 6.45) is 7.74. The van der Waals surface area contributed by atoms with Crippen LogP contribution >= 0.6 is 47.0 Å². The summed E-state index contributed by atoms with van der Waals surface area (Å²) in [6, 6.07) is 19.4. The van der Waals surface area contributed by atoms with Crippen LogP contribution in [0.5, 0.6) is 5.75 Å². The summed E-state index contributed by atoms with van der Waals surface area (Å²) in [5.74, 6) is 6.09. The van der Waals surface area contributed by atoms with Gasteiger partial charge < -0.3 is 19.0 Å². The second-order valence-corrected chi connectivity index (χ2v) is 25.4. The van der Waals surface area contributed by atoms with E-state index in [1.54, 1.807) is 7.11 Å². The molecule has 2 aliphatic heterocycles. The molecule has 2 fully saturated rings. The average Bonchev–Trinajstić information content (AvgIpc) is 3.07. The Balaban J connectivity index is 1.57. The molecular weight excluding hydrogens is 677 g/mol. The molecule has 0 unspecified atom stereocenters. The summed E-state index contributed by atoms with van der Waals surface area (Å²) < 4.78 is 19.3. The summed E-state index contributed by atoms with van der Waals surface area (Å²) in [4.78, 5) is 0. The third-order valence-corrected chi connectivity index (χ3v) is 21.8. The number of hydrogen-bond acceptors (Lipinski definition) is 8. The maximum atomic E-state index is 10.2. The topological polar surface area (TPSA) is 47.9 Å². The Morgan fingerprint density at radius 3 is 2.06 bits per heavy atom. The number of thioether (sulfide) groups is 4. The van der Waals surface area contributed by atoms with Crippen molar-refractivity contribution < 1.29 is 19.0 Å². The first kappa shape index (κ1) is 39.5. The molecule has 0 amide bonds. The van der Waals surface area contributed by atoms with E-state index in [2.05, 4.69) is 118 Å². The second kappa shape index (κ2) is 18.3. The number of aliphatic hydroxyl groups excluding tert-OH is 1. The summed E-state index contributed by atoms with van der Waals surface area (Å²) in [5.41, 5.74) is 2.56. The van der Waals surface area contributed by atoms with Gasteiger partial charge in [-0.2, -0.15) is 0 Å². The van der Waals surface area contributed by atoms with E-state index in [9.17, 15) is 5.11 Å². The molecule has 9 heteroatoms. The minimum absolute atomic E-state index is 0.00373. The molecule has 0 bridgehead atoms. The highest BCUT2D eigenvalue weighted by molar-refractivity contribution is 8.19. The van der Waals surface area contributed by atoms with E-state index in [4.69, 9.17) is 13.9 Å². The Bertz CT molecular complexity index is 1180. The van der Waals surface area contributed by atoms with Crippen LogP contribution in [0.4, 0.5) is 0 Å². The Hall–Kier alpha value is -0.263. The third-order valence-electron chi connectivity index (χ3n) is 10.2. The predicted octanol–water partition coefficient (Wildman–Crippen LogP) is 10.8. The van der Waals surface area contributed by atoms with Crippen LogP contribution in [0.25, 0.3) is 0 Å². The van der Waals surface area contributed by atoms with E-state index in [1.165, 1.54) is 41.4 Å². The molecule has 2 aromatic carbocycles. The Kier molecular flexibility index (Phi) is 15.4. The fraction of sp³-hybridized carbons (Fsp3) is 0.684. The van der Waals surface area contributed by atoms with Crippen molar-refractivity contribution in [3.05, 3.63) is 65.7 Å². The van der Waals surface area contributed by atoms with Crippen molar-refractivity contribution in [1.82, 2.24) is 0 Å². The van der Waals surface area contributed by atoms with Crippen LogP contribution in [-0.2, 0) is 19.8 Å². The Labute approximate surface area is 304 Å². The largest absolute Gasteiger partial charge is 0.497 e. The molecule has 4 rings (SSSR count).